The van der Waals surface area contributed by atoms with Crippen molar-refractivity contribution in [2.75, 3.05) is 0 Å². The molecule has 0 aliphatic heterocycles. The number of hydrogen-bond acceptors (Lipinski definition) is 2. The van der Waals surface area contributed by atoms with Crippen LogP contribution in [0, 0.1) is 0 Å². The van der Waals surface area contributed by atoms with Crippen LogP contribution in [0.3, 0.4) is 0 Å². The molecule has 0 bridgehead atoms. The summed E-state index contributed by atoms with van der Waals surface area (Å²) in [5.41, 5.74) is 0. The summed E-state index contributed by atoms with van der Waals surface area (Å²) in [4.78, 5) is 0. The van der Waals surface area contributed by atoms with Crippen molar-refractivity contribution in [3.63, 3.8) is 0 Å². The van der Waals surface area contributed by atoms with Crippen LogP contribution in [0.4, 0.5) is 0 Å². The zero-order valence-electron chi connectivity index (χ0n) is 5.74. The molecule has 0 aliphatic rings. The van der Waals surface area contributed by atoms with Crippen LogP contribution >= 0.6 is 0 Å². The largest absolute Gasteiger partial charge is 1.00 e. The van der Waals surface area contributed by atoms with Crippen molar-refractivity contribution in [1.29, 1.82) is 0 Å². The Morgan fingerprint density at radius 1 is 0.727 bits per heavy atom. The van der Waals surface area contributed by atoms with E-state index in [-0.39, 0.29) is 123 Å². The molecule has 0 aromatic rings. The minimum atomic E-state index is -2.61. The molecule has 62 valence electrons. The second-order valence-electron chi connectivity index (χ2n) is 0.461. The van der Waals surface area contributed by atoms with Crippen molar-refractivity contribution < 1.29 is 150 Å². The Morgan fingerprint density at radius 2 is 0.727 bits per heavy atom. The van der Waals surface area contributed by atoms with Crippen LogP contribution in [-0.2, 0) is 43.1 Å². The minimum absolute atomic E-state index is 0. The predicted molar refractivity (Wildman–Crippen MR) is 26.8 cm³/mol. The molecule has 11 heteroatoms. The third-order valence-corrected chi connectivity index (χ3v) is 0. The molecule has 0 fully saturated rings. The normalized spacial score (nSPS) is 6.36. The zero-order chi connectivity index (χ0) is 7.15. The molecule has 11 heavy (non-hydrogen) atoms. The van der Waals surface area contributed by atoms with Crippen molar-refractivity contribution in [2.45, 2.75) is 0 Å². The molecule has 0 aromatic carbocycles. The van der Waals surface area contributed by atoms with Crippen molar-refractivity contribution in [3.05, 3.63) is 0 Å². The molecular formula is H4K2O6PdS2+2. The van der Waals surface area contributed by atoms with Crippen LogP contribution in [0.1, 0.15) is 0 Å². The minimum Gasteiger partial charge on any atom is -0.284 e. The summed E-state index contributed by atoms with van der Waals surface area (Å²) in [6.07, 6.45) is 0. The van der Waals surface area contributed by atoms with Crippen molar-refractivity contribution in [3.8, 4) is 0 Å². The van der Waals surface area contributed by atoms with Gasteiger partial charge >= 0.3 is 103 Å². The molecule has 0 saturated heterocycles. The van der Waals surface area contributed by atoms with Gasteiger partial charge in [0.1, 0.15) is 0 Å². The van der Waals surface area contributed by atoms with Gasteiger partial charge in [-0.15, -0.1) is 0 Å². The van der Waals surface area contributed by atoms with Crippen LogP contribution in [0.5, 0.6) is 0 Å². The first-order chi connectivity index (χ1) is 3.46. The second kappa shape index (κ2) is 23.7. The van der Waals surface area contributed by atoms with Crippen molar-refractivity contribution in [1.82, 2.24) is 0 Å². The van der Waals surface area contributed by atoms with Crippen LogP contribution < -0.4 is 103 Å². The monoisotopic (exact) mass is 348 g/mol. The van der Waals surface area contributed by atoms with Gasteiger partial charge in [0.25, 0.3) is 22.7 Å². The molecule has 0 atom stereocenters. The Kier molecular flexibility index (Phi) is 63.4. The summed E-state index contributed by atoms with van der Waals surface area (Å²) in [6, 6.07) is 0. The Morgan fingerprint density at radius 3 is 0.727 bits per heavy atom. The average molecular weight is 349 g/mol. The number of rotatable bonds is 0. The van der Waals surface area contributed by atoms with E-state index in [4.69, 9.17) is 26.6 Å². The van der Waals surface area contributed by atoms with Gasteiger partial charge in [-0.05, 0) is 0 Å². The molecule has 0 aromatic heterocycles. The summed E-state index contributed by atoms with van der Waals surface area (Å²) in [5, 5.41) is 0. The molecule has 0 heterocycles. The standard InChI is InChI=1S/2K.2H2O3S.Pd/c;;2*1-4(2)3;/h;;2*(H2,1,2,3);/q2*+1;;;. The maximum Gasteiger partial charge on any atom is 1.00 e. The van der Waals surface area contributed by atoms with Gasteiger partial charge < -0.3 is 0 Å². The first-order valence-corrected chi connectivity index (χ1v) is 3.19. The fourth-order valence-electron chi connectivity index (χ4n) is 0. The van der Waals surface area contributed by atoms with E-state index in [9.17, 15) is 0 Å². The maximum absolute atomic E-state index is 8.67. The van der Waals surface area contributed by atoms with E-state index >= 15 is 0 Å². The number of hydrogen-bond donors (Lipinski definition) is 4. The van der Waals surface area contributed by atoms with Gasteiger partial charge in [-0.1, -0.05) is 0 Å². The topological polar surface area (TPSA) is 115 Å². The summed E-state index contributed by atoms with van der Waals surface area (Å²) >= 11 is -5.22. The van der Waals surface area contributed by atoms with Crippen LogP contribution in [-0.4, -0.2) is 26.6 Å². The van der Waals surface area contributed by atoms with Gasteiger partial charge in [0.05, 0.1) is 0 Å². The third-order valence-electron chi connectivity index (χ3n) is 0. The molecular weight excluding hydrogens is 345 g/mol. The molecule has 0 amide bonds. The van der Waals surface area contributed by atoms with Gasteiger partial charge in [0, 0.05) is 20.4 Å². The molecule has 0 radical (unpaired) electrons. The van der Waals surface area contributed by atoms with E-state index < -0.39 is 22.7 Å². The smallest absolute Gasteiger partial charge is 0.284 e. The Labute approximate surface area is 168 Å². The van der Waals surface area contributed by atoms with E-state index in [2.05, 4.69) is 0 Å². The molecule has 0 rings (SSSR count). The van der Waals surface area contributed by atoms with Gasteiger partial charge in [0.2, 0.25) is 0 Å². The molecule has 6 nitrogen and oxygen atoms in total. The van der Waals surface area contributed by atoms with Crippen molar-refractivity contribution >= 4 is 22.7 Å². The van der Waals surface area contributed by atoms with Gasteiger partial charge in [0.15, 0.2) is 0 Å². The van der Waals surface area contributed by atoms with Crippen molar-refractivity contribution in [2.24, 2.45) is 0 Å². The Bertz CT molecular complexity index is 76.6. The van der Waals surface area contributed by atoms with E-state index in [1.807, 2.05) is 0 Å². The first kappa shape index (κ1) is 29.4. The maximum atomic E-state index is 8.67. The van der Waals surface area contributed by atoms with E-state index in [1.165, 1.54) is 0 Å². The Balaban J connectivity index is -0.0000000171. The second-order valence-corrected chi connectivity index (χ2v) is 1.38. The molecule has 0 spiro atoms. The average Bonchev–Trinajstić information content (AvgIpc) is 1.25. The SMILES string of the molecule is O=S(O)O.O=S(O)O.[K+].[K+].[Pd]. The summed E-state index contributed by atoms with van der Waals surface area (Å²) in [7, 11) is 0. The Hall–Kier alpha value is 4.08. The zero-order valence-corrected chi connectivity index (χ0v) is 15.2. The molecule has 0 unspecified atom stereocenters. The van der Waals surface area contributed by atoms with Gasteiger partial charge in [-0.25, -0.2) is 0 Å². The fraction of sp³-hybridized carbons (Fsp3) is 0. The molecule has 0 saturated carbocycles. The van der Waals surface area contributed by atoms with E-state index in [0.717, 1.165) is 0 Å². The van der Waals surface area contributed by atoms with Gasteiger partial charge in [-0.3, -0.25) is 18.2 Å². The summed E-state index contributed by atoms with van der Waals surface area (Å²) < 4.78 is 45.7. The quantitative estimate of drug-likeness (QED) is 0.256. The first-order valence-electron chi connectivity index (χ1n) is 1.06. The molecule has 0 aliphatic carbocycles. The van der Waals surface area contributed by atoms with E-state index in [1.54, 1.807) is 0 Å². The summed E-state index contributed by atoms with van der Waals surface area (Å²) in [5.74, 6) is 0. The fourth-order valence-corrected chi connectivity index (χ4v) is 0. The summed E-state index contributed by atoms with van der Waals surface area (Å²) in [6.45, 7) is 0. The van der Waals surface area contributed by atoms with Crippen LogP contribution in [0.15, 0.2) is 0 Å². The van der Waals surface area contributed by atoms with Crippen LogP contribution in [0.2, 0.25) is 0 Å². The predicted octanol–water partition coefficient (Wildman–Crippen LogP) is -6.63. The van der Waals surface area contributed by atoms with E-state index in [0.29, 0.717) is 0 Å². The van der Waals surface area contributed by atoms with Gasteiger partial charge in [-0.2, -0.15) is 8.42 Å². The molecule has 4 N–H and O–H groups in total. The van der Waals surface area contributed by atoms with Crippen LogP contribution in [0.25, 0.3) is 0 Å². The third kappa shape index (κ3) is 124.